The summed E-state index contributed by atoms with van der Waals surface area (Å²) in [5, 5.41) is 0. The van der Waals surface area contributed by atoms with E-state index in [2.05, 4.69) is 23.3 Å². The Morgan fingerprint density at radius 1 is 1.17 bits per heavy atom. The number of nitrogens with zero attached hydrogens (tertiary/aromatic N) is 2. The maximum Gasteiger partial charge on any atom is 0.140 e. The summed E-state index contributed by atoms with van der Waals surface area (Å²) in [5.41, 5.74) is 3.25. The van der Waals surface area contributed by atoms with E-state index < -0.39 is 0 Å². The summed E-state index contributed by atoms with van der Waals surface area (Å²) in [4.78, 5) is 4.60. The van der Waals surface area contributed by atoms with E-state index in [1.54, 1.807) is 7.11 Å². The molecule has 0 saturated heterocycles. The first-order valence-electron chi connectivity index (χ1n) is 5.91. The highest BCUT2D eigenvalue weighted by molar-refractivity contribution is 5.46. The van der Waals surface area contributed by atoms with Crippen LogP contribution in [0.5, 0.6) is 5.75 Å². The Hall–Kier alpha value is -2.29. The first kappa shape index (κ1) is 10.8. The quantitative estimate of drug-likeness (QED) is 0.701. The average Bonchev–Trinajstić information content (AvgIpc) is 2.80. The van der Waals surface area contributed by atoms with Crippen LogP contribution in [0.3, 0.4) is 0 Å². The van der Waals surface area contributed by atoms with Crippen molar-refractivity contribution in [3.8, 4) is 5.75 Å². The van der Waals surface area contributed by atoms with Crippen LogP contribution in [0.2, 0.25) is 0 Å². The average molecular weight is 238 g/mol. The molecule has 0 bridgehead atoms. The lowest BCUT2D eigenvalue weighted by Crippen LogP contribution is -1.86. The second kappa shape index (κ2) is 4.53. The van der Waals surface area contributed by atoms with Crippen LogP contribution in [0.4, 0.5) is 0 Å². The fourth-order valence-electron chi connectivity index (χ4n) is 2.03. The molecule has 0 spiro atoms. The van der Waals surface area contributed by atoms with Gasteiger partial charge in [0.2, 0.25) is 0 Å². The van der Waals surface area contributed by atoms with Crippen molar-refractivity contribution in [2.24, 2.45) is 0 Å². The molecule has 3 heteroatoms. The number of pyridine rings is 1. The molecule has 18 heavy (non-hydrogen) atoms. The third-order valence-electron chi connectivity index (χ3n) is 2.95. The van der Waals surface area contributed by atoms with Gasteiger partial charge < -0.3 is 9.14 Å². The van der Waals surface area contributed by atoms with Gasteiger partial charge in [-0.2, -0.15) is 0 Å². The van der Waals surface area contributed by atoms with E-state index in [9.17, 15) is 0 Å². The summed E-state index contributed by atoms with van der Waals surface area (Å²) in [5.74, 6) is 0.833. The molecule has 3 rings (SSSR count). The fraction of sp³-hybridized carbons (Fsp3) is 0.133. The largest absolute Gasteiger partial charge is 0.497 e. The molecule has 0 saturated carbocycles. The van der Waals surface area contributed by atoms with E-state index in [1.165, 1.54) is 5.56 Å². The van der Waals surface area contributed by atoms with Gasteiger partial charge in [-0.1, -0.05) is 30.3 Å². The standard InChI is InChI=1S/C15H14N2O/c1-18-14-7-8-17-11-13(16-15(17)10-14)9-12-5-3-2-4-6-12/h2-8,10-11H,9H2,1H3. The number of benzene rings is 1. The lowest BCUT2D eigenvalue weighted by atomic mass is 10.1. The predicted molar refractivity (Wildman–Crippen MR) is 71.0 cm³/mol. The molecule has 3 aromatic rings. The van der Waals surface area contributed by atoms with Crippen LogP contribution in [0, 0.1) is 0 Å². The number of methoxy groups -OCH3 is 1. The monoisotopic (exact) mass is 238 g/mol. The molecule has 0 aliphatic heterocycles. The SMILES string of the molecule is COc1ccn2cc(Cc3ccccc3)nc2c1. The minimum absolute atomic E-state index is 0.833. The predicted octanol–water partition coefficient (Wildman–Crippen LogP) is 2.93. The van der Waals surface area contributed by atoms with Gasteiger partial charge in [-0.15, -0.1) is 0 Å². The van der Waals surface area contributed by atoms with Crippen LogP contribution >= 0.6 is 0 Å². The zero-order valence-electron chi connectivity index (χ0n) is 10.2. The number of imidazole rings is 1. The van der Waals surface area contributed by atoms with Crippen LogP contribution in [-0.2, 0) is 6.42 Å². The molecule has 0 aliphatic rings. The summed E-state index contributed by atoms with van der Waals surface area (Å²) in [7, 11) is 1.67. The van der Waals surface area contributed by atoms with Crippen LogP contribution < -0.4 is 4.74 Å². The first-order chi connectivity index (χ1) is 8.85. The van der Waals surface area contributed by atoms with Crippen molar-refractivity contribution >= 4 is 5.65 Å². The van der Waals surface area contributed by atoms with E-state index in [4.69, 9.17) is 4.74 Å². The van der Waals surface area contributed by atoms with Crippen molar-refractivity contribution in [2.45, 2.75) is 6.42 Å². The second-order valence-corrected chi connectivity index (χ2v) is 4.23. The molecule has 90 valence electrons. The molecule has 3 nitrogen and oxygen atoms in total. The third kappa shape index (κ3) is 2.07. The smallest absolute Gasteiger partial charge is 0.140 e. The topological polar surface area (TPSA) is 26.5 Å². The summed E-state index contributed by atoms with van der Waals surface area (Å²) in [6, 6.07) is 14.2. The molecular weight excluding hydrogens is 224 g/mol. The molecule has 0 fully saturated rings. The molecule has 2 heterocycles. The van der Waals surface area contributed by atoms with E-state index in [0.29, 0.717) is 0 Å². The minimum atomic E-state index is 0.833. The Morgan fingerprint density at radius 3 is 2.78 bits per heavy atom. The van der Waals surface area contributed by atoms with Gasteiger partial charge in [-0.25, -0.2) is 4.98 Å². The van der Waals surface area contributed by atoms with Gasteiger partial charge in [-0.3, -0.25) is 0 Å². The van der Waals surface area contributed by atoms with Crippen molar-refractivity contribution in [3.63, 3.8) is 0 Å². The summed E-state index contributed by atoms with van der Waals surface area (Å²) in [6.07, 6.45) is 4.88. The molecule has 0 radical (unpaired) electrons. The zero-order chi connectivity index (χ0) is 12.4. The summed E-state index contributed by atoms with van der Waals surface area (Å²) < 4.78 is 7.21. The molecule has 0 N–H and O–H groups in total. The first-order valence-corrected chi connectivity index (χ1v) is 5.91. The van der Waals surface area contributed by atoms with Crippen LogP contribution in [-0.4, -0.2) is 16.5 Å². The molecular formula is C15H14N2O. The highest BCUT2D eigenvalue weighted by Gasteiger charge is 2.03. The van der Waals surface area contributed by atoms with E-state index in [-0.39, 0.29) is 0 Å². The maximum atomic E-state index is 5.20. The van der Waals surface area contributed by atoms with Gasteiger partial charge in [0.15, 0.2) is 0 Å². The Labute approximate surface area is 106 Å². The highest BCUT2D eigenvalue weighted by Crippen LogP contribution is 2.15. The van der Waals surface area contributed by atoms with Crippen molar-refractivity contribution in [1.82, 2.24) is 9.38 Å². The lowest BCUT2D eigenvalue weighted by Gasteiger charge is -1.98. The number of fused-ring (bicyclic) bond motifs is 1. The number of hydrogen-bond acceptors (Lipinski definition) is 2. The molecule has 0 atom stereocenters. The van der Waals surface area contributed by atoms with Gasteiger partial charge in [0.1, 0.15) is 11.4 Å². The van der Waals surface area contributed by atoms with Gasteiger partial charge in [-0.05, 0) is 11.6 Å². The molecule has 0 aliphatic carbocycles. The number of ether oxygens (including phenoxy) is 1. The Morgan fingerprint density at radius 2 is 2.00 bits per heavy atom. The number of aromatic nitrogens is 2. The van der Waals surface area contributed by atoms with Crippen molar-refractivity contribution in [3.05, 3.63) is 66.1 Å². The second-order valence-electron chi connectivity index (χ2n) is 4.23. The Balaban J connectivity index is 1.94. The van der Waals surface area contributed by atoms with Crippen LogP contribution in [0.25, 0.3) is 5.65 Å². The minimum Gasteiger partial charge on any atom is -0.497 e. The van der Waals surface area contributed by atoms with Crippen molar-refractivity contribution in [1.29, 1.82) is 0 Å². The number of rotatable bonds is 3. The van der Waals surface area contributed by atoms with E-state index in [1.807, 2.05) is 40.9 Å². The normalized spacial score (nSPS) is 10.7. The lowest BCUT2D eigenvalue weighted by molar-refractivity contribution is 0.414. The maximum absolute atomic E-state index is 5.20. The third-order valence-corrected chi connectivity index (χ3v) is 2.95. The summed E-state index contributed by atoms with van der Waals surface area (Å²) >= 11 is 0. The fourth-order valence-corrected chi connectivity index (χ4v) is 2.03. The van der Waals surface area contributed by atoms with Crippen molar-refractivity contribution < 1.29 is 4.74 Å². The van der Waals surface area contributed by atoms with Gasteiger partial charge in [0.25, 0.3) is 0 Å². The van der Waals surface area contributed by atoms with Gasteiger partial charge in [0.05, 0.1) is 12.8 Å². The molecule has 1 aromatic carbocycles. The Bertz CT molecular complexity index is 659. The summed E-state index contributed by atoms with van der Waals surface area (Å²) in [6.45, 7) is 0. The molecule has 0 amide bonds. The van der Waals surface area contributed by atoms with Gasteiger partial charge >= 0.3 is 0 Å². The van der Waals surface area contributed by atoms with E-state index in [0.717, 1.165) is 23.5 Å². The highest BCUT2D eigenvalue weighted by atomic mass is 16.5. The Kier molecular flexibility index (Phi) is 2.73. The molecule has 0 unspecified atom stereocenters. The van der Waals surface area contributed by atoms with Crippen LogP contribution in [0.1, 0.15) is 11.3 Å². The number of hydrogen-bond donors (Lipinski definition) is 0. The van der Waals surface area contributed by atoms with Gasteiger partial charge in [0, 0.05) is 24.9 Å². The molecule has 2 aromatic heterocycles. The van der Waals surface area contributed by atoms with E-state index >= 15 is 0 Å². The van der Waals surface area contributed by atoms with Crippen molar-refractivity contribution in [2.75, 3.05) is 7.11 Å². The van der Waals surface area contributed by atoms with Crippen LogP contribution in [0.15, 0.2) is 54.9 Å². The zero-order valence-corrected chi connectivity index (χ0v) is 10.2.